The molecule has 0 aliphatic rings. The van der Waals surface area contributed by atoms with Crippen molar-refractivity contribution in [2.24, 2.45) is 0 Å². The van der Waals surface area contributed by atoms with Crippen molar-refractivity contribution < 1.29 is 0 Å². The van der Waals surface area contributed by atoms with Crippen LogP contribution in [0.4, 0.5) is 22.7 Å². The molecule has 0 unspecified atom stereocenters. The summed E-state index contributed by atoms with van der Waals surface area (Å²) >= 11 is 0. The average Bonchev–Trinajstić information content (AvgIpc) is 3.15. The van der Waals surface area contributed by atoms with Crippen molar-refractivity contribution in [2.75, 3.05) is 9.80 Å². The van der Waals surface area contributed by atoms with Crippen molar-refractivity contribution in [3.8, 4) is 0 Å². The number of nitrogens with zero attached hydrogens (tertiary/aromatic N) is 2. The van der Waals surface area contributed by atoms with Crippen LogP contribution >= 0.6 is 0 Å². The standard InChI is InChI=1S/C46H42N2/c1-5-15-41(7-3)47(43-17-11-9-12-18-43)45-33-29-39(30-34-45)27-25-37-21-23-38(24-22-37)26-28-40-31-35-46(36-32-40)48(42(8-4)16-6-2)44-19-13-10-14-20-44/h5-36H,1,3H2,2,4H3/b16-6-,27-25-,28-26-,41-15+,42-8+. The maximum atomic E-state index is 4.02. The highest BCUT2D eigenvalue weighted by atomic mass is 15.1. The Morgan fingerprint density at radius 1 is 0.458 bits per heavy atom. The normalized spacial score (nSPS) is 12.1. The van der Waals surface area contributed by atoms with Crippen LogP contribution in [-0.4, -0.2) is 0 Å². The van der Waals surface area contributed by atoms with Crippen molar-refractivity contribution in [1.82, 2.24) is 0 Å². The van der Waals surface area contributed by atoms with Gasteiger partial charge in [0, 0.05) is 34.1 Å². The molecule has 5 rings (SSSR count). The molecule has 0 spiro atoms. The molecule has 0 saturated carbocycles. The molecule has 2 heteroatoms. The number of allylic oxidation sites excluding steroid dienone is 6. The molecule has 48 heavy (non-hydrogen) atoms. The van der Waals surface area contributed by atoms with Gasteiger partial charge in [-0.2, -0.15) is 0 Å². The van der Waals surface area contributed by atoms with Gasteiger partial charge in [0.05, 0.1) is 0 Å². The molecule has 0 heterocycles. The second-order valence-electron chi connectivity index (χ2n) is 11.1. The first kappa shape index (κ1) is 33.2. The number of para-hydroxylation sites is 2. The lowest BCUT2D eigenvalue weighted by atomic mass is 10.1. The fraction of sp³-hybridized carbons (Fsp3) is 0.0435. The summed E-state index contributed by atoms with van der Waals surface area (Å²) in [7, 11) is 0. The maximum absolute atomic E-state index is 4.02. The second kappa shape index (κ2) is 17.0. The number of hydrogen-bond donors (Lipinski definition) is 0. The Labute approximate surface area is 286 Å². The Balaban J connectivity index is 1.25. The molecule has 0 saturated heterocycles. The van der Waals surface area contributed by atoms with E-state index in [-0.39, 0.29) is 0 Å². The molecule has 0 fully saturated rings. The molecule has 0 amide bonds. The molecule has 0 aliphatic heterocycles. The number of anilines is 4. The second-order valence-corrected chi connectivity index (χ2v) is 11.1. The fourth-order valence-corrected chi connectivity index (χ4v) is 5.45. The molecule has 5 aromatic rings. The molecular formula is C46H42N2. The summed E-state index contributed by atoms with van der Waals surface area (Å²) in [6.07, 6.45) is 20.6. The van der Waals surface area contributed by atoms with E-state index in [1.54, 1.807) is 6.08 Å². The lowest BCUT2D eigenvalue weighted by Crippen LogP contribution is -2.14. The summed E-state index contributed by atoms with van der Waals surface area (Å²) in [5.41, 5.74) is 11.1. The van der Waals surface area contributed by atoms with Crippen LogP contribution in [-0.2, 0) is 0 Å². The minimum absolute atomic E-state index is 0.961. The largest absolute Gasteiger partial charge is 0.311 e. The Hall–Kier alpha value is -6.12. The van der Waals surface area contributed by atoms with E-state index in [0.29, 0.717) is 0 Å². The zero-order valence-electron chi connectivity index (χ0n) is 27.8. The van der Waals surface area contributed by atoms with Crippen LogP contribution in [0.1, 0.15) is 36.1 Å². The summed E-state index contributed by atoms with van der Waals surface area (Å²) < 4.78 is 0. The summed E-state index contributed by atoms with van der Waals surface area (Å²) in [5.74, 6) is 0. The maximum Gasteiger partial charge on any atom is 0.0462 e. The van der Waals surface area contributed by atoms with Crippen molar-refractivity contribution in [3.63, 3.8) is 0 Å². The Kier molecular flexibility index (Phi) is 11.8. The molecule has 0 atom stereocenters. The van der Waals surface area contributed by atoms with Crippen LogP contribution in [0.25, 0.3) is 24.3 Å². The van der Waals surface area contributed by atoms with Gasteiger partial charge in [-0.05, 0) is 103 Å². The quantitative estimate of drug-likeness (QED) is 0.0952. The van der Waals surface area contributed by atoms with E-state index < -0.39 is 0 Å². The molecule has 236 valence electrons. The van der Waals surface area contributed by atoms with Gasteiger partial charge in [0.25, 0.3) is 0 Å². The van der Waals surface area contributed by atoms with Gasteiger partial charge < -0.3 is 9.80 Å². The zero-order chi connectivity index (χ0) is 33.6. The lowest BCUT2D eigenvalue weighted by Gasteiger charge is -2.26. The van der Waals surface area contributed by atoms with Crippen LogP contribution in [0.3, 0.4) is 0 Å². The van der Waals surface area contributed by atoms with Gasteiger partial charge in [0.15, 0.2) is 0 Å². The zero-order valence-corrected chi connectivity index (χ0v) is 27.8. The first-order valence-electron chi connectivity index (χ1n) is 16.2. The molecule has 2 nitrogen and oxygen atoms in total. The highest BCUT2D eigenvalue weighted by Gasteiger charge is 2.13. The molecule has 0 radical (unpaired) electrons. The third kappa shape index (κ3) is 8.57. The van der Waals surface area contributed by atoms with Crippen LogP contribution in [0.2, 0.25) is 0 Å². The first-order valence-corrected chi connectivity index (χ1v) is 16.2. The van der Waals surface area contributed by atoms with E-state index in [1.165, 1.54) is 0 Å². The molecule has 0 aliphatic carbocycles. The summed E-state index contributed by atoms with van der Waals surface area (Å²) in [6.45, 7) is 12.0. The Morgan fingerprint density at radius 3 is 1.15 bits per heavy atom. The van der Waals surface area contributed by atoms with E-state index in [1.807, 2.05) is 43.3 Å². The van der Waals surface area contributed by atoms with E-state index in [0.717, 1.165) is 56.4 Å². The van der Waals surface area contributed by atoms with Crippen LogP contribution < -0.4 is 9.80 Å². The minimum atomic E-state index is 0.961. The monoisotopic (exact) mass is 622 g/mol. The molecule has 0 aromatic heterocycles. The van der Waals surface area contributed by atoms with Crippen molar-refractivity contribution in [2.45, 2.75) is 13.8 Å². The van der Waals surface area contributed by atoms with Crippen molar-refractivity contribution in [1.29, 1.82) is 0 Å². The third-order valence-electron chi connectivity index (χ3n) is 7.85. The predicted octanol–water partition coefficient (Wildman–Crippen LogP) is 13.0. The van der Waals surface area contributed by atoms with Gasteiger partial charge in [-0.1, -0.05) is 141 Å². The van der Waals surface area contributed by atoms with Gasteiger partial charge in [-0.25, -0.2) is 0 Å². The minimum Gasteiger partial charge on any atom is -0.311 e. The summed E-state index contributed by atoms with van der Waals surface area (Å²) in [6, 6.07) is 46.6. The highest BCUT2D eigenvalue weighted by molar-refractivity contribution is 5.77. The first-order chi connectivity index (χ1) is 23.6. The van der Waals surface area contributed by atoms with Crippen LogP contribution in [0.15, 0.2) is 194 Å². The third-order valence-corrected chi connectivity index (χ3v) is 7.85. The van der Waals surface area contributed by atoms with E-state index in [4.69, 9.17) is 0 Å². The number of benzene rings is 5. The molecule has 5 aromatic carbocycles. The van der Waals surface area contributed by atoms with E-state index in [9.17, 15) is 0 Å². The number of rotatable bonds is 13. The highest BCUT2D eigenvalue weighted by Crippen LogP contribution is 2.32. The van der Waals surface area contributed by atoms with Crippen molar-refractivity contribution in [3.05, 3.63) is 217 Å². The smallest absolute Gasteiger partial charge is 0.0462 e. The summed E-state index contributed by atoms with van der Waals surface area (Å²) in [4.78, 5) is 4.45. The lowest BCUT2D eigenvalue weighted by molar-refractivity contribution is 1.20. The number of hydrogen-bond acceptors (Lipinski definition) is 2. The fourth-order valence-electron chi connectivity index (χ4n) is 5.45. The molecule has 0 N–H and O–H groups in total. The van der Waals surface area contributed by atoms with E-state index in [2.05, 4.69) is 182 Å². The van der Waals surface area contributed by atoms with Gasteiger partial charge in [0.1, 0.15) is 0 Å². The SMILES string of the molecule is C=C/C=C(\C=C)N(c1ccccc1)c1ccc(/C=C\c2ccc(/C=C\c3ccc(N(C(/C=C\C)=C/C)c4ccccc4)cc3)cc2)cc1. The predicted molar refractivity (Wildman–Crippen MR) is 211 cm³/mol. The molecular weight excluding hydrogens is 581 g/mol. The Bertz CT molecular complexity index is 1920. The Morgan fingerprint density at radius 2 is 0.812 bits per heavy atom. The van der Waals surface area contributed by atoms with E-state index >= 15 is 0 Å². The molecule has 0 bridgehead atoms. The average molecular weight is 623 g/mol. The van der Waals surface area contributed by atoms with Gasteiger partial charge >= 0.3 is 0 Å². The van der Waals surface area contributed by atoms with Crippen molar-refractivity contribution >= 4 is 47.1 Å². The van der Waals surface area contributed by atoms with Gasteiger partial charge in [0.2, 0.25) is 0 Å². The van der Waals surface area contributed by atoms with Crippen LogP contribution in [0.5, 0.6) is 0 Å². The van der Waals surface area contributed by atoms with Crippen LogP contribution in [0, 0.1) is 0 Å². The van der Waals surface area contributed by atoms with Gasteiger partial charge in [-0.15, -0.1) is 0 Å². The van der Waals surface area contributed by atoms with Gasteiger partial charge in [-0.3, -0.25) is 0 Å². The summed E-state index contributed by atoms with van der Waals surface area (Å²) in [5, 5.41) is 0. The topological polar surface area (TPSA) is 6.48 Å².